The summed E-state index contributed by atoms with van der Waals surface area (Å²) in [6.07, 6.45) is 2.66. The van der Waals surface area contributed by atoms with Crippen molar-refractivity contribution in [1.29, 1.82) is 0 Å². The smallest absolute Gasteiger partial charge is 0.410 e. The van der Waals surface area contributed by atoms with E-state index in [9.17, 15) is 14.0 Å². The molecule has 136 valence electrons. The highest BCUT2D eigenvalue weighted by atomic mass is 19.1. The Morgan fingerprint density at radius 1 is 1.32 bits per heavy atom. The summed E-state index contributed by atoms with van der Waals surface area (Å²) in [6, 6.07) is 4.17. The molecule has 0 radical (unpaired) electrons. The largest absolute Gasteiger partial charge is 0.478 e. The lowest BCUT2D eigenvalue weighted by atomic mass is 10.1. The first-order valence-electron chi connectivity index (χ1n) is 8.68. The second kappa shape index (κ2) is 6.32. The molecule has 1 aromatic rings. The van der Waals surface area contributed by atoms with E-state index in [2.05, 4.69) is 0 Å². The summed E-state index contributed by atoms with van der Waals surface area (Å²) < 4.78 is 19.1. The van der Waals surface area contributed by atoms with Gasteiger partial charge in [-0.2, -0.15) is 0 Å². The number of nitrogens with zero attached hydrogens (tertiary/aromatic N) is 1. The van der Waals surface area contributed by atoms with Gasteiger partial charge in [0, 0.05) is 18.5 Å². The van der Waals surface area contributed by atoms with Crippen LogP contribution >= 0.6 is 0 Å². The quantitative estimate of drug-likeness (QED) is 0.872. The maximum atomic E-state index is 13.6. The molecule has 2 atom stereocenters. The third kappa shape index (κ3) is 4.30. The van der Waals surface area contributed by atoms with Crippen molar-refractivity contribution in [3.8, 4) is 0 Å². The zero-order valence-corrected chi connectivity index (χ0v) is 14.8. The monoisotopic (exact) mass is 349 g/mol. The zero-order chi connectivity index (χ0) is 18.4. The van der Waals surface area contributed by atoms with Crippen LogP contribution in [0.4, 0.5) is 9.18 Å². The number of carbonyl (C=O) groups excluding carboxylic acids is 1. The van der Waals surface area contributed by atoms with E-state index in [0.717, 1.165) is 24.8 Å². The van der Waals surface area contributed by atoms with Crippen LogP contribution in [0.15, 0.2) is 18.2 Å². The predicted octanol–water partition coefficient (Wildman–Crippen LogP) is 4.03. The Morgan fingerprint density at radius 3 is 2.56 bits per heavy atom. The van der Waals surface area contributed by atoms with Crippen molar-refractivity contribution in [3.05, 3.63) is 35.1 Å². The van der Waals surface area contributed by atoms with Gasteiger partial charge in [0.25, 0.3) is 0 Å². The van der Waals surface area contributed by atoms with Crippen LogP contribution in [0.1, 0.15) is 61.9 Å². The number of benzene rings is 1. The number of rotatable bonds is 5. The Bertz CT molecular complexity index is 693. The third-order valence-electron chi connectivity index (χ3n) is 4.59. The van der Waals surface area contributed by atoms with Crippen molar-refractivity contribution in [1.82, 2.24) is 4.90 Å². The molecule has 0 heterocycles. The van der Waals surface area contributed by atoms with Gasteiger partial charge in [0.1, 0.15) is 11.4 Å². The van der Waals surface area contributed by atoms with Gasteiger partial charge >= 0.3 is 12.1 Å². The topological polar surface area (TPSA) is 66.8 Å². The van der Waals surface area contributed by atoms with Crippen molar-refractivity contribution in [2.24, 2.45) is 5.92 Å². The van der Waals surface area contributed by atoms with Crippen LogP contribution in [-0.2, 0) is 4.74 Å². The molecule has 2 saturated carbocycles. The van der Waals surface area contributed by atoms with Crippen molar-refractivity contribution >= 4 is 12.1 Å². The van der Waals surface area contributed by atoms with Gasteiger partial charge in [-0.25, -0.2) is 14.0 Å². The molecule has 2 aliphatic rings. The Balaban J connectivity index is 1.75. The molecular weight excluding hydrogens is 325 g/mol. The number of carbonyl (C=O) groups is 2. The molecule has 5 nitrogen and oxygen atoms in total. The van der Waals surface area contributed by atoms with Crippen LogP contribution in [0.3, 0.4) is 0 Å². The van der Waals surface area contributed by atoms with Gasteiger partial charge in [0.05, 0.1) is 5.56 Å². The molecule has 2 fully saturated rings. The fourth-order valence-corrected chi connectivity index (χ4v) is 3.07. The second-order valence-corrected chi connectivity index (χ2v) is 8.03. The first-order valence-corrected chi connectivity index (χ1v) is 8.68. The molecule has 1 aromatic carbocycles. The molecule has 0 spiro atoms. The Labute approximate surface area is 146 Å². The number of hydrogen-bond donors (Lipinski definition) is 1. The Kier molecular flexibility index (Phi) is 4.47. The fourth-order valence-electron chi connectivity index (χ4n) is 3.07. The highest BCUT2D eigenvalue weighted by Crippen LogP contribution is 2.47. The van der Waals surface area contributed by atoms with Crippen molar-refractivity contribution < 1.29 is 23.8 Å². The minimum absolute atomic E-state index is 0.0115. The van der Waals surface area contributed by atoms with Gasteiger partial charge in [0.15, 0.2) is 0 Å². The first-order chi connectivity index (χ1) is 11.7. The van der Waals surface area contributed by atoms with Crippen LogP contribution < -0.4 is 0 Å². The summed E-state index contributed by atoms with van der Waals surface area (Å²) in [7, 11) is 0. The lowest BCUT2D eigenvalue weighted by molar-refractivity contribution is 0.0220. The number of aromatic carboxylic acids is 1. The van der Waals surface area contributed by atoms with Crippen molar-refractivity contribution in [3.63, 3.8) is 0 Å². The lowest BCUT2D eigenvalue weighted by Crippen LogP contribution is -2.40. The van der Waals surface area contributed by atoms with E-state index in [1.54, 1.807) is 11.0 Å². The molecule has 2 unspecified atom stereocenters. The van der Waals surface area contributed by atoms with Gasteiger partial charge in [-0.3, -0.25) is 0 Å². The van der Waals surface area contributed by atoms with E-state index in [0.29, 0.717) is 12.5 Å². The molecule has 1 amide bonds. The fraction of sp³-hybridized carbons (Fsp3) is 0.579. The van der Waals surface area contributed by atoms with Crippen LogP contribution in [-0.4, -0.2) is 40.3 Å². The number of amides is 1. The zero-order valence-electron chi connectivity index (χ0n) is 14.8. The third-order valence-corrected chi connectivity index (χ3v) is 4.59. The summed E-state index contributed by atoms with van der Waals surface area (Å²) in [5.74, 6) is -1.46. The van der Waals surface area contributed by atoms with E-state index >= 15 is 0 Å². The number of carboxylic acid groups (broad SMARTS) is 1. The Morgan fingerprint density at radius 2 is 2.00 bits per heavy atom. The SMILES string of the molecule is CC(C)(C)OC(=O)N(CC1CC1)C1CC1c1ccc(F)c(C(=O)O)c1. The van der Waals surface area contributed by atoms with E-state index in [4.69, 9.17) is 9.84 Å². The predicted molar refractivity (Wildman–Crippen MR) is 90.2 cm³/mol. The van der Waals surface area contributed by atoms with E-state index < -0.39 is 17.4 Å². The molecule has 0 aliphatic heterocycles. The minimum Gasteiger partial charge on any atom is -0.478 e. The molecule has 0 aromatic heterocycles. The number of halogens is 1. The number of ether oxygens (including phenoxy) is 1. The maximum Gasteiger partial charge on any atom is 0.410 e. The second-order valence-electron chi connectivity index (χ2n) is 8.03. The normalized spacial score (nSPS) is 22.4. The molecule has 2 aliphatic carbocycles. The average Bonchev–Trinajstić information content (AvgIpc) is 3.37. The van der Waals surface area contributed by atoms with E-state index in [-0.39, 0.29) is 23.6 Å². The van der Waals surface area contributed by atoms with Crippen LogP contribution in [0.25, 0.3) is 0 Å². The molecule has 6 heteroatoms. The first kappa shape index (κ1) is 17.7. The highest BCUT2D eigenvalue weighted by molar-refractivity contribution is 5.88. The summed E-state index contributed by atoms with van der Waals surface area (Å²) in [5.41, 5.74) is -0.127. The van der Waals surface area contributed by atoms with E-state index in [1.165, 1.54) is 12.1 Å². The van der Waals surface area contributed by atoms with Gasteiger partial charge in [0.2, 0.25) is 0 Å². The minimum atomic E-state index is -1.28. The molecule has 25 heavy (non-hydrogen) atoms. The Hall–Kier alpha value is -2.11. The van der Waals surface area contributed by atoms with Crippen LogP contribution in [0.2, 0.25) is 0 Å². The van der Waals surface area contributed by atoms with Crippen molar-refractivity contribution in [2.45, 2.75) is 57.6 Å². The summed E-state index contributed by atoms with van der Waals surface area (Å²) in [4.78, 5) is 25.5. The molecule has 0 saturated heterocycles. The van der Waals surface area contributed by atoms with Gasteiger partial charge in [-0.1, -0.05) is 6.07 Å². The molecular formula is C19H24FNO4. The molecule has 1 N–H and O–H groups in total. The standard InChI is InChI=1S/C19H24FNO4/c1-19(2,3)25-18(24)21(10-11-4-5-11)16-9-13(16)12-6-7-15(20)14(8-12)17(22)23/h6-8,11,13,16H,4-5,9-10H2,1-3H3,(H,22,23). The van der Waals surface area contributed by atoms with E-state index in [1.807, 2.05) is 20.8 Å². The summed E-state index contributed by atoms with van der Waals surface area (Å²) in [6.45, 7) is 6.18. The highest BCUT2D eigenvalue weighted by Gasteiger charge is 2.47. The maximum absolute atomic E-state index is 13.6. The number of carboxylic acids is 1. The lowest BCUT2D eigenvalue weighted by Gasteiger charge is -2.28. The molecule has 3 rings (SSSR count). The molecule has 0 bridgehead atoms. The summed E-state index contributed by atoms with van der Waals surface area (Å²) in [5, 5.41) is 9.09. The van der Waals surface area contributed by atoms with Crippen LogP contribution in [0, 0.1) is 11.7 Å². The van der Waals surface area contributed by atoms with Gasteiger partial charge < -0.3 is 14.7 Å². The van der Waals surface area contributed by atoms with Gasteiger partial charge in [-0.05, 0) is 63.6 Å². The van der Waals surface area contributed by atoms with Crippen molar-refractivity contribution in [2.75, 3.05) is 6.54 Å². The van der Waals surface area contributed by atoms with Gasteiger partial charge in [-0.15, -0.1) is 0 Å². The number of hydrogen-bond acceptors (Lipinski definition) is 3. The van der Waals surface area contributed by atoms with Crippen LogP contribution in [0.5, 0.6) is 0 Å². The summed E-state index contributed by atoms with van der Waals surface area (Å²) >= 11 is 0. The average molecular weight is 349 g/mol.